The van der Waals surface area contributed by atoms with Crippen molar-refractivity contribution in [3.05, 3.63) is 29.3 Å². The van der Waals surface area contributed by atoms with Gasteiger partial charge < -0.3 is 14.7 Å². The summed E-state index contributed by atoms with van der Waals surface area (Å²) >= 11 is 0. The lowest BCUT2D eigenvalue weighted by Crippen LogP contribution is -2.35. The summed E-state index contributed by atoms with van der Waals surface area (Å²) in [6.45, 7) is 3.57. The Hall–Kier alpha value is -1.55. The van der Waals surface area contributed by atoms with Crippen molar-refractivity contribution in [3.8, 4) is 5.75 Å². The third kappa shape index (κ3) is 3.73. The van der Waals surface area contributed by atoms with Gasteiger partial charge in [-0.25, -0.2) is 0 Å². The number of aliphatic hydroxyl groups excluding tert-OH is 1. The lowest BCUT2D eigenvalue weighted by atomic mass is 10.1. The standard InChI is InChI=1S/C16H23NO3/c1-13-7-6-8-14(11-18)16(13)20-12-15(19)17-9-4-2-3-5-10-17/h6-8,18H,2-5,9-12H2,1H3. The molecule has 1 saturated heterocycles. The lowest BCUT2D eigenvalue weighted by molar-refractivity contribution is -0.133. The van der Waals surface area contributed by atoms with Gasteiger partial charge in [0.15, 0.2) is 6.61 Å². The molecule has 110 valence electrons. The van der Waals surface area contributed by atoms with Gasteiger partial charge in [-0.05, 0) is 25.3 Å². The smallest absolute Gasteiger partial charge is 0.260 e. The summed E-state index contributed by atoms with van der Waals surface area (Å²) in [7, 11) is 0. The van der Waals surface area contributed by atoms with Crippen molar-refractivity contribution in [1.82, 2.24) is 4.90 Å². The van der Waals surface area contributed by atoms with Crippen LogP contribution in [0.15, 0.2) is 18.2 Å². The van der Waals surface area contributed by atoms with Crippen LogP contribution in [0.5, 0.6) is 5.75 Å². The van der Waals surface area contributed by atoms with Crippen LogP contribution in [0.4, 0.5) is 0 Å². The van der Waals surface area contributed by atoms with E-state index in [2.05, 4.69) is 0 Å². The molecule has 4 heteroatoms. The number of benzene rings is 1. The van der Waals surface area contributed by atoms with Crippen LogP contribution in [0, 0.1) is 6.92 Å². The minimum atomic E-state index is -0.0745. The van der Waals surface area contributed by atoms with Gasteiger partial charge in [0.05, 0.1) is 6.61 Å². The van der Waals surface area contributed by atoms with Gasteiger partial charge in [0.2, 0.25) is 0 Å². The highest BCUT2D eigenvalue weighted by Crippen LogP contribution is 2.23. The molecular weight excluding hydrogens is 254 g/mol. The van der Waals surface area contributed by atoms with Gasteiger partial charge in [-0.15, -0.1) is 0 Å². The number of para-hydroxylation sites is 1. The van der Waals surface area contributed by atoms with E-state index in [1.54, 1.807) is 0 Å². The SMILES string of the molecule is Cc1cccc(CO)c1OCC(=O)N1CCCCCC1. The number of rotatable bonds is 4. The Morgan fingerprint density at radius 3 is 2.60 bits per heavy atom. The summed E-state index contributed by atoms with van der Waals surface area (Å²) in [4.78, 5) is 14.1. The number of nitrogens with zero attached hydrogens (tertiary/aromatic N) is 1. The molecule has 0 atom stereocenters. The highest BCUT2D eigenvalue weighted by molar-refractivity contribution is 5.77. The molecule has 1 aromatic carbocycles. The maximum absolute atomic E-state index is 12.2. The van der Waals surface area contributed by atoms with Crippen molar-refractivity contribution in [2.75, 3.05) is 19.7 Å². The van der Waals surface area contributed by atoms with E-state index in [0.717, 1.165) is 37.1 Å². The molecule has 0 aliphatic carbocycles. The summed E-state index contributed by atoms with van der Waals surface area (Å²) in [5, 5.41) is 9.32. The second kappa shape index (κ2) is 7.29. The predicted molar refractivity (Wildman–Crippen MR) is 77.6 cm³/mol. The molecule has 0 saturated carbocycles. The molecule has 0 unspecified atom stereocenters. The monoisotopic (exact) mass is 277 g/mol. The zero-order chi connectivity index (χ0) is 14.4. The number of hydrogen-bond donors (Lipinski definition) is 1. The molecule has 0 bridgehead atoms. The molecule has 2 rings (SSSR count). The summed E-state index contributed by atoms with van der Waals surface area (Å²) in [5.41, 5.74) is 1.67. The van der Waals surface area contributed by atoms with Crippen LogP contribution in [0.25, 0.3) is 0 Å². The predicted octanol–water partition coefficient (Wildman–Crippen LogP) is 2.27. The molecule has 1 fully saturated rings. The van der Waals surface area contributed by atoms with Crippen molar-refractivity contribution < 1.29 is 14.6 Å². The van der Waals surface area contributed by atoms with E-state index in [9.17, 15) is 9.90 Å². The Labute approximate surface area is 120 Å². The Kier molecular flexibility index (Phi) is 5.41. The van der Waals surface area contributed by atoms with Gasteiger partial charge in [0.1, 0.15) is 5.75 Å². The van der Waals surface area contributed by atoms with Crippen LogP contribution < -0.4 is 4.74 Å². The Balaban J connectivity index is 1.96. The minimum absolute atomic E-state index is 0.0408. The topological polar surface area (TPSA) is 49.8 Å². The fraction of sp³-hybridized carbons (Fsp3) is 0.562. The van der Waals surface area contributed by atoms with Crippen molar-refractivity contribution in [2.45, 2.75) is 39.2 Å². The zero-order valence-corrected chi connectivity index (χ0v) is 12.1. The number of aliphatic hydroxyl groups is 1. The first kappa shape index (κ1) is 14.9. The first-order valence-corrected chi connectivity index (χ1v) is 7.32. The van der Waals surface area contributed by atoms with Gasteiger partial charge in [0.25, 0.3) is 5.91 Å². The molecule has 1 aliphatic rings. The molecular formula is C16H23NO3. The Morgan fingerprint density at radius 2 is 1.95 bits per heavy atom. The molecule has 4 nitrogen and oxygen atoms in total. The average Bonchev–Trinajstić information content (AvgIpc) is 2.74. The first-order valence-electron chi connectivity index (χ1n) is 7.32. The van der Waals surface area contributed by atoms with Crippen molar-refractivity contribution in [1.29, 1.82) is 0 Å². The van der Waals surface area contributed by atoms with Crippen molar-refractivity contribution in [2.24, 2.45) is 0 Å². The fourth-order valence-electron chi connectivity index (χ4n) is 2.59. The summed E-state index contributed by atoms with van der Waals surface area (Å²) in [6, 6.07) is 5.62. The maximum atomic E-state index is 12.2. The fourth-order valence-corrected chi connectivity index (χ4v) is 2.59. The highest BCUT2D eigenvalue weighted by atomic mass is 16.5. The molecule has 20 heavy (non-hydrogen) atoms. The van der Waals surface area contributed by atoms with Gasteiger partial charge >= 0.3 is 0 Å². The van der Waals surface area contributed by atoms with Crippen LogP contribution >= 0.6 is 0 Å². The van der Waals surface area contributed by atoms with E-state index >= 15 is 0 Å². The minimum Gasteiger partial charge on any atom is -0.483 e. The van der Waals surface area contributed by atoms with Crippen LogP contribution in [-0.2, 0) is 11.4 Å². The Bertz CT molecular complexity index is 451. The second-order valence-corrected chi connectivity index (χ2v) is 5.30. The number of carbonyl (C=O) groups excluding carboxylic acids is 1. The van der Waals surface area contributed by atoms with E-state index in [1.807, 2.05) is 30.0 Å². The van der Waals surface area contributed by atoms with Gasteiger partial charge in [-0.2, -0.15) is 0 Å². The molecule has 0 spiro atoms. The van der Waals surface area contributed by atoms with E-state index in [0.29, 0.717) is 5.75 Å². The van der Waals surface area contributed by atoms with Crippen molar-refractivity contribution in [3.63, 3.8) is 0 Å². The largest absolute Gasteiger partial charge is 0.483 e. The molecule has 1 heterocycles. The van der Waals surface area contributed by atoms with Crippen LogP contribution in [0.1, 0.15) is 36.8 Å². The lowest BCUT2D eigenvalue weighted by Gasteiger charge is -2.21. The number of carbonyl (C=O) groups is 1. The van der Waals surface area contributed by atoms with E-state index in [-0.39, 0.29) is 19.1 Å². The molecule has 1 amide bonds. The zero-order valence-electron chi connectivity index (χ0n) is 12.1. The first-order chi connectivity index (χ1) is 9.72. The maximum Gasteiger partial charge on any atom is 0.260 e. The van der Waals surface area contributed by atoms with Gasteiger partial charge in [-0.3, -0.25) is 4.79 Å². The number of likely N-dealkylation sites (tertiary alicyclic amines) is 1. The Morgan fingerprint density at radius 1 is 1.25 bits per heavy atom. The van der Waals surface area contributed by atoms with E-state index in [4.69, 9.17) is 4.74 Å². The van der Waals surface area contributed by atoms with Crippen LogP contribution in [0.2, 0.25) is 0 Å². The normalized spacial score (nSPS) is 15.8. The highest BCUT2D eigenvalue weighted by Gasteiger charge is 2.17. The van der Waals surface area contributed by atoms with Gasteiger partial charge in [0, 0.05) is 18.7 Å². The second-order valence-electron chi connectivity index (χ2n) is 5.30. The van der Waals surface area contributed by atoms with Crippen LogP contribution in [-0.4, -0.2) is 35.6 Å². The van der Waals surface area contributed by atoms with Gasteiger partial charge in [-0.1, -0.05) is 31.0 Å². The summed E-state index contributed by atoms with van der Waals surface area (Å²) in [5.74, 6) is 0.678. The molecule has 0 aromatic heterocycles. The molecule has 1 aromatic rings. The van der Waals surface area contributed by atoms with Crippen LogP contribution in [0.3, 0.4) is 0 Å². The average molecular weight is 277 g/mol. The number of hydrogen-bond acceptors (Lipinski definition) is 3. The quantitative estimate of drug-likeness (QED) is 0.918. The number of aryl methyl sites for hydroxylation is 1. The number of amides is 1. The third-order valence-corrected chi connectivity index (χ3v) is 3.76. The number of ether oxygens (including phenoxy) is 1. The van der Waals surface area contributed by atoms with Crippen molar-refractivity contribution >= 4 is 5.91 Å². The summed E-state index contributed by atoms with van der Waals surface area (Å²) < 4.78 is 5.66. The molecule has 0 radical (unpaired) electrons. The third-order valence-electron chi connectivity index (χ3n) is 3.76. The molecule has 1 aliphatic heterocycles. The molecule has 1 N–H and O–H groups in total. The van der Waals surface area contributed by atoms with E-state index in [1.165, 1.54) is 12.8 Å². The summed E-state index contributed by atoms with van der Waals surface area (Å²) in [6.07, 6.45) is 4.57. The van der Waals surface area contributed by atoms with E-state index < -0.39 is 0 Å².